The maximum atomic E-state index is 12.5. The van der Waals surface area contributed by atoms with E-state index in [4.69, 9.17) is 9.47 Å². The molecule has 7 nitrogen and oxygen atoms in total. The van der Waals surface area contributed by atoms with Crippen molar-refractivity contribution in [3.8, 4) is 0 Å². The zero-order chi connectivity index (χ0) is 21.0. The molecule has 1 aliphatic heterocycles. The Morgan fingerprint density at radius 3 is 2.79 bits per heavy atom. The van der Waals surface area contributed by atoms with Gasteiger partial charge in [0.25, 0.3) is 0 Å². The maximum absolute atomic E-state index is 12.5. The molecule has 0 aliphatic carbocycles. The summed E-state index contributed by atoms with van der Waals surface area (Å²) < 4.78 is 11.7. The lowest BCUT2D eigenvalue weighted by atomic mass is 10.1. The van der Waals surface area contributed by atoms with Crippen LogP contribution in [0.2, 0.25) is 0 Å². The highest BCUT2D eigenvalue weighted by Gasteiger charge is 2.23. The molecular weight excluding hydrogens is 370 g/mol. The van der Waals surface area contributed by atoms with E-state index in [2.05, 4.69) is 16.4 Å². The van der Waals surface area contributed by atoms with Crippen LogP contribution in [0.25, 0.3) is 12.2 Å². The number of esters is 1. The fraction of sp³-hybridized carbons (Fsp3) is 0.409. The molecule has 3 heterocycles. The first-order chi connectivity index (χ1) is 13.8. The van der Waals surface area contributed by atoms with Gasteiger partial charge in [0.15, 0.2) is 0 Å². The summed E-state index contributed by atoms with van der Waals surface area (Å²) in [6.07, 6.45) is 6.73. The lowest BCUT2D eigenvalue weighted by Gasteiger charge is -2.20. The van der Waals surface area contributed by atoms with Gasteiger partial charge in [-0.1, -0.05) is 12.1 Å². The number of pyridine rings is 1. The van der Waals surface area contributed by atoms with Crippen LogP contribution >= 0.6 is 0 Å². The first-order valence-corrected chi connectivity index (χ1v) is 9.81. The highest BCUT2D eigenvalue weighted by molar-refractivity contribution is 5.93. The molecule has 0 spiro atoms. The number of anilines is 1. The van der Waals surface area contributed by atoms with Gasteiger partial charge in [0.1, 0.15) is 17.1 Å². The van der Waals surface area contributed by atoms with Crippen molar-refractivity contribution in [1.29, 1.82) is 0 Å². The van der Waals surface area contributed by atoms with Crippen LogP contribution in [0.5, 0.6) is 0 Å². The van der Waals surface area contributed by atoms with Crippen molar-refractivity contribution in [2.75, 3.05) is 18.5 Å². The Kier molecular flexibility index (Phi) is 6.06. The molecule has 3 rings (SSSR count). The Balaban J connectivity index is 1.87. The monoisotopic (exact) mass is 397 g/mol. The van der Waals surface area contributed by atoms with Gasteiger partial charge >= 0.3 is 12.1 Å². The van der Waals surface area contributed by atoms with Gasteiger partial charge in [-0.05, 0) is 69.9 Å². The number of nitrogens with zero attached hydrogens (tertiary/aromatic N) is 2. The van der Waals surface area contributed by atoms with Crippen molar-refractivity contribution in [2.24, 2.45) is 0 Å². The van der Waals surface area contributed by atoms with Gasteiger partial charge in [0.05, 0.1) is 12.3 Å². The summed E-state index contributed by atoms with van der Waals surface area (Å²) in [7, 11) is 0. The number of aromatic nitrogens is 2. The second-order valence-corrected chi connectivity index (χ2v) is 7.84. The van der Waals surface area contributed by atoms with E-state index < -0.39 is 17.7 Å². The van der Waals surface area contributed by atoms with Gasteiger partial charge in [-0.3, -0.25) is 0 Å². The summed E-state index contributed by atoms with van der Waals surface area (Å²) in [5, 5.41) is 3.31. The summed E-state index contributed by atoms with van der Waals surface area (Å²) in [4.78, 5) is 29.4. The highest BCUT2D eigenvalue weighted by Crippen LogP contribution is 2.21. The molecule has 0 fully saturated rings. The van der Waals surface area contributed by atoms with Crippen LogP contribution in [0.3, 0.4) is 0 Å². The molecule has 2 aromatic rings. The minimum atomic E-state index is -0.677. The van der Waals surface area contributed by atoms with Crippen molar-refractivity contribution in [2.45, 2.75) is 46.1 Å². The summed E-state index contributed by atoms with van der Waals surface area (Å²) in [5.41, 5.74) is 2.13. The molecule has 0 bridgehead atoms. The Morgan fingerprint density at radius 2 is 2.07 bits per heavy atom. The first-order valence-electron chi connectivity index (χ1n) is 9.81. The summed E-state index contributed by atoms with van der Waals surface area (Å²) in [6, 6.07) is 5.64. The molecule has 1 aliphatic rings. The number of hydrogen-bond acceptors (Lipinski definition) is 6. The zero-order valence-corrected chi connectivity index (χ0v) is 17.3. The van der Waals surface area contributed by atoms with Crippen LogP contribution in [0, 0.1) is 0 Å². The Labute approximate surface area is 170 Å². The van der Waals surface area contributed by atoms with Gasteiger partial charge in [-0.15, -0.1) is 0 Å². The van der Waals surface area contributed by atoms with Crippen LogP contribution in [0.15, 0.2) is 24.4 Å². The van der Waals surface area contributed by atoms with Crippen molar-refractivity contribution >= 4 is 30.0 Å². The third kappa shape index (κ3) is 5.25. The van der Waals surface area contributed by atoms with Gasteiger partial charge < -0.3 is 14.8 Å². The van der Waals surface area contributed by atoms with Crippen molar-refractivity contribution in [3.05, 3.63) is 46.9 Å². The lowest BCUT2D eigenvalue weighted by Crippen LogP contribution is -2.28. The zero-order valence-electron chi connectivity index (χ0n) is 17.3. The van der Waals surface area contributed by atoms with Crippen LogP contribution in [-0.2, 0) is 15.9 Å². The normalized spacial score (nSPS) is 13.7. The molecule has 0 saturated heterocycles. The largest absolute Gasteiger partial charge is 0.461 e. The van der Waals surface area contributed by atoms with E-state index in [0.717, 1.165) is 30.9 Å². The average Bonchev–Trinajstić information content (AvgIpc) is 3.10. The molecule has 7 heteroatoms. The fourth-order valence-corrected chi connectivity index (χ4v) is 3.02. The van der Waals surface area contributed by atoms with Crippen LogP contribution in [0.4, 0.5) is 10.6 Å². The second kappa shape index (κ2) is 8.51. The third-order valence-corrected chi connectivity index (χ3v) is 4.28. The number of aryl methyl sites for hydroxylation is 1. The molecule has 1 N–H and O–H groups in total. The topological polar surface area (TPSA) is 82.5 Å². The third-order valence-electron chi connectivity index (χ3n) is 4.28. The van der Waals surface area contributed by atoms with E-state index in [1.807, 2.05) is 12.1 Å². The Hall–Kier alpha value is -3.09. The van der Waals surface area contributed by atoms with Gasteiger partial charge in [0, 0.05) is 12.7 Å². The smallest absolute Gasteiger partial charge is 0.419 e. The molecular formula is C22H27N3O4. The van der Waals surface area contributed by atoms with Crippen LogP contribution in [-0.4, -0.2) is 40.4 Å². The van der Waals surface area contributed by atoms with E-state index in [-0.39, 0.29) is 12.3 Å². The number of ether oxygens (including phenoxy) is 2. The summed E-state index contributed by atoms with van der Waals surface area (Å²) >= 11 is 0. The Bertz CT molecular complexity index is 938. The molecule has 154 valence electrons. The molecule has 29 heavy (non-hydrogen) atoms. The van der Waals surface area contributed by atoms with Crippen LogP contribution in [0.1, 0.15) is 61.4 Å². The van der Waals surface area contributed by atoms with Gasteiger partial charge in [-0.2, -0.15) is 0 Å². The molecule has 0 saturated carbocycles. The summed E-state index contributed by atoms with van der Waals surface area (Å²) in [5.74, 6) is 0.339. The van der Waals surface area contributed by atoms with Crippen LogP contribution < -0.4 is 5.32 Å². The molecule has 0 amide bonds. The fourth-order valence-electron chi connectivity index (χ4n) is 3.02. The number of rotatable bonds is 4. The van der Waals surface area contributed by atoms with Crippen molar-refractivity contribution in [1.82, 2.24) is 9.55 Å². The summed E-state index contributed by atoms with van der Waals surface area (Å²) in [6.45, 7) is 8.18. The molecule has 0 aromatic carbocycles. The van der Waals surface area contributed by atoms with E-state index in [1.165, 1.54) is 10.1 Å². The van der Waals surface area contributed by atoms with E-state index in [0.29, 0.717) is 5.56 Å². The number of carbonyl (C=O) groups excluding carboxylic acids is 2. The van der Waals surface area contributed by atoms with Gasteiger partial charge in [0.2, 0.25) is 0 Å². The standard InChI is InChI=1S/C22H27N3O4/c1-5-28-20(26)18-13-15(14-25(18)21(27)29-22(2,3)4)8-10-17-11-9-16-7-6-12-23-19(16)24-17/h8-11,13-14H,5-7,12H2,1-4H3,(H,23,24)/b10-8+. The van der Waals surface area contributed by atoms with E-state index in [9.17, 15) is 9.59 Å². The minimum Gasteiger partial charge on any atom is -0.461 e. The molecule has 0 radical (unpaired) electrons. The number of carbonyl (C=O) groups is 2. The Morgan fingerprint density at radius 1 is 1.28 bits per heavy atom. The number of fused-ring (bicyclic) bond motifs is 1. The van der Waals surface area contributed by atoms with Gasteiger partial charge in [-0.25, -0.2) is 19.1 Å². The lowest BCUT2D eigenvalue weighted by molar-refractivity contribution is 0.0449. The maximum Gasteiger partial charge on any atom is 0.419 e. The van der Waals surface area contributed by atoms with E-state index >= 15 is 0 Å². The second-order valence-electron chi connectivity index (χ2n) is 7.84. The van der Waals surface area contributed by atoms with Crippen molar-refractivity contribution in [3.63, 3.8) is 0 Å². The highest BCUT2D eigenvalue weighted by atomic mass is 16.6. The van der Waals surface area contributed by atoms with Crippen molar-refractivity contribution < 1.29 is 19.1 Å². The quantitative estimate of drug-likeness (QED) is 0.772. The molecule has 0 atom stereocenters. The minimum absolute atomic E-state index is 0.126. The predicted octanol–water partition coefficient (Wildman–Crippen LogP) is 4.37. The molecule has 2 aromatic heterocycles. The number of hydrogen-bond donors (Lipinski definition) is 1. The number of nitrogens with one attached hydrogen (secondary N) is 1. The van der Waals surface area contributed by atoms with E-state index in [1.54, 1.807) is 46.0 Å². The first kappa shape index (κ1) is 20.6. The SMILES string of the molecule is CCOC(=O)c1cc(/C=C/c2ccc3c(n2)NCCC3)cn1C(=O)OC(C)(C)C. The molecule has 0 unspecified atom stereocenters. The average molecular weight is 397 g/mol. The predicted molar refractivity (Wildman–Crippen MR) is 112 cm³/mol.